The maximum atomic E-state index is 13.3. The van der Waals surface area contributed by atoms with Crippen molar-refractivity contribution in [1.82, 2.24) is 4.98 Å². The van der Waals surface area contributed by atoms with Gasteiger partial charge in [0.2, 0.25) is 11.8 Å². The van der Waals surface area contributed by atoms with Gasteiger partial charge in [0.1, 0.15) is 16.0 Å². The average Bonchev–Trinajstić information content (AvgIpc) is 2.37. The lowest BCUT2D eigenvalue weighted by atomic mass is 9.86. The summed E-state index contributed by atoms with van der Waals surface area (Å²) in [7, 11) is -1.75. The molecule has 0 aliphatic heterocycles. The number of halogens is 2. The lowest BCUT2D eigenvalue weighted by molar-refractivity contribution is -0.127. The van der Waals surface area contributed by atoms with Crippen molar-refractivity contribution in [3.63, 3.8) is 0 Å². The number of hydrogen-bond donors (Lipinski definition) is 2. The number of hydrogen-bond acceptors (Lipinski definition) is 3. The first-order chi connectivity index (χ1) is 9.37. The van der Waals surface area contributed by atoms with Crippen LogP contribution in [0.4, 0.5) is 14.5 Å². The van der Waals surface area contributed by atoms with E-state index in [-0.39, 0.29) is 11.4 Å². The van der Waals surface area contributed by atoms with Crippen molar-refractivity contribution < 1.29 is 17.8 Å². The Kier molecular flexibility index (Phi) is 4.44. The topological polar surface area (TPSA) is 85.1 Å². The minimum atomic E-state index is -2.78. The Labute approximate surface area is 117 Å². The van der Waals surface area contributed by atoms with Gasteiger partial charge in [-0.2, -0.15) is 0 Å². The highest BCUT2D eigenvalue weighted by molar-refractivity contribution is 7.82. The predicted octanol–water partition coefficient (Wildman–Crippen LogP) is 1.83. The van der Waals surface area contributed by atoms with E-state index >= 15 is 0 Å². The number of aromatic nitrogens is 1. The van der Waals surface area contributed by atoms with E-state index in [1.54, 1.807) is 0 Å². The van der Waals surface area contributed by atoms with Gasteiger partial charge in [-0.15, -0.1) is 0 Å². The average molecular weight is 303 g/mol. The lowest BCUT2D eigenvalue weighted by Crippen LogP contribution is -2.33. The summed E-state index contributed by atoms with van der Waals surface area (Å²) in [5, 5.41) is 7.85. The molecule has 2 rings (SSSR count). The first-order valence-corrected chi connectivity index (χ1v) is 7.40. The van der Waals surface area contributed by atoms with E-state index in [0.29, 0.717) is 18.5 Å². The second kappa shape index (κ2) is 5.92. The number of alkyl halides is 2. The second-order valence-electron chi connectivity index (χ2n) is 4.82. The summed E-state index contributed by atoms with van der Waals surface area (Å²) in [6.45, 7) is 0. The van der Waals surface area contributed by atoms with E-state index in [1.807, 2.05) is 0 Å². The van der Waals surface area contributed by atoms with Crippen LogP contribution in [-0.2, 0) is 15.8 Å². The largest absolute Gasteiger partial charge is 0.326 e. The standard InChI is InChI=1S/C12H15F2N3O2S/c13-12(14)4-1-2-8(7-12)11(18)17-9-3-5-16-10(6-9)20(15)19/h3,5-6,8H,1-2,4,7,15H2,(H,16,17,18). The summed E-state index contributed by atoms with van der Waals surface area (Å²) in [6, 6.07) is 2.87. The van der Waals surface area contributed by atoms with E-state index in [0.717, 1.165) is 0 Å². The highest BCUT2D eigenvalue weighted by Crippen LogP contribution is 2.37. The third kappa shape index (κ3) is 3.80. The van der Waals surface area contributed by atoms with Crippen molar-refractivity contribution in [3.8, 4) is 0 Å². The molecule has 1 aliphatic rings. The zero-order chi connectivity index (χ0) is 14.8. The van der Waals surface area contributed by atoms with Crippen LogP contribution in [0.1, 0.15) is 25.7 Å². The molecule has 8 heteroatoms. The zero-order valence-electron chi connectivity index (χ0n) is 10.6. The van der Waals surface area contributed by atoms with Gasteiger partial charge in [0.05, 0.1) is 0 Å². The van der Waals surface area contributed by atoms with Crippen LogP contribution >= 0.6 is 0 Å². The summed E-state index contributed by atoms with van der Waals surface area (Å²) < 4.78 is 37.6. The molecule has 5 nitrogen and oxygen atoms in total. The lowest BCUT2D eigenvalue weighted by Gasteiger charge is -2.27. The molecule has 0 saturated heterocycles. The number of nitrogens with two attached hydrogens (primary N) is 1. The fourth-order valence-electron chi connectivity index (χ4n) is 2.24. The molecule has 0 bridgehead atoms. The molecule has 1 aromatic heterocycles. The molecule has 0 radical (unpaired) electrons. The molecular weight excluding hydrogens is 288 g/mol. The van der Waals surface area contributed by atoms with E-state index in [1.165, 1.54) is 18.3 Å². The third-order valence-corrected chi connectivity index (χ3v) is 3.85. The van der Waals surface area contributed by atoms with Crippen molar-refractivity contribution in [3.05, 3.63) is 18.3 Å². The van der Waals surface area contributed by atoms with Crippen LogP contribution in [0.3, 0.4) is 0 Å². The van der Waals surface area contributed by atoms with Crippen LogP contribution < -0.4 is 10.5 Å². The first kappa shape index (κ1) is 15.0. The fourth-order valence-corrected chi connectivity index (χ4v) is 2.64. The summed E-state index contributed by atoms with van der Waals surface area (Å²) in [5.41, 5.74) is 0.354. The molecular formula is C12H15F2N3O2S. The van der Waals surface area contributed by atoms with Crippen LogP contribution in [0.15, 0.2) is 23.4 Å². The van der Waals surface area contributed by atoms with Crippen molar-refractivity contribution in [1.29, 1.82) is 0 Å². The van der Waals surface area contributed by atoms with Crippen molar-refractivity contribution in [2.75, 3.05) is 5.32 Å². The molecule has 20 heavy (non-hydrogen) atoms. The number of pyridine rings is 1. The molecule has 110 valence electrons. The highest BCUT2D eigenvalue weighted by Gasteiger charge is 2.39. The zero-order valence-corrected chi connectivity index (χ0v) is 11.5. The van der Waals surface area contributed by atoms with Crippen molar-refractivity contribution in [2.24, 2.45) is 11.1 Å². The maximum Gasteiger partial charge on any atom is 0.248 e. The molecule has 2 atom stereocenters. The highest BCUT2D eigenvalue weighted by atomic mass is 32.2. The predicted molar refractivity (Wildman–Crippen MR) is 70.4 cm³/mol. The number of nitrogens with zero attached hydrogens (tertiary/aromatic N) is 1. The fraction of sp³-hybridized carbons (Fsp3) is 0.500. The molecule has 1 amide bonds. The summed E-state index contributed by atoms with van der Waals surface area (Å²) >= 11 is 0. The number of carbonyl (C=O) groups is 1. The minimum Gasteiger partial charge on any atom is -0.326 e. The number of nitrogens with one attached hydrogen (secondary N) is 1. The molecule has 0 aromatic carbocycles. The summed E-state index contributed by atoms with van der Waals surface area (Å²) in [6.07, 6.45) is 1.54. The van der Waals surface area contributed by atoms with Gasteiger partial charge in [0.15, 0.2) is 0 Å². The van der Waals surface area contributed by atoms with Gasteiger partial charge in [0.25, 0.3) is 0 Å². The van der Waals surface area contributed by atoms with Crippen LogP contribution in [-0.4, -0.2) is 21.0 Å². The first-order valence-electron chi connectivity index (χ1n) is 6.18. The Balaban J connectivity index is 2.04. The number of amides is 1. The molecule has 0 spiro atoms. The second-order valence-corrected chi connectivity index (χ2v) is 5.83. The smallest absolute Gasteiger partial charge is 0.248 e. The Morgan fingerprint density at radius 1 is 1.55 bits per heavy atom. The third-order valence-electron chi connectivity index (χ3n) is 3.22. The molecule has 1 aromatic rings. The monoisotopic (exact) mass is 303 g/mol. The van der Waals surface area contributed by atoms with Gasteiger partial charge in [-0.1, -0.05) is 0 Å². The molecule has 1 fully saturated rings. The van der Waals surface area contributed by atoms with E-state index in [4.69, 9.17) is 5.14 Å². The van der Waals surface area contributed by atoms with Crippen LogP contribution in [0.5, 0.6) is 0 Å². The van der Waals surface area contributed by atoms with E-state index in [2.05, 4.69) is 10.3 Å². The van der Waals surface area contributed by atoms with Crippen LogP contribution in [0, 0.1) is 5.92 Å². The summed E-state index contributed by atoms with van der Waals surface area (Å²) in [5.74, 6) is -3.94. The Bertz CT molecular complexity index is 539. The molecule has 2 unspecified atom stereocenters. The quantitative estimate of drug-likeness (QED) is 0.893. The van der Waals surface area contributed by atoms with Crippen LogP contribution in [0.25, 0.3) is 0 Å². The van der Waals surface area contributed by atoms with Gasteiger partial charge < -0.3 is 5.32 Å². The number of anilines is 1. The Morgan fingerprint density at radius 3 is 2.95 bits per heavy atom. The van der Waals surface area contributed by atoms with Crippen LogP contribution in [0.2, 0.25) is 0 Å². The molecule has 1 aliphatic carbocycles. The summed E-state index contributed by atoms with van der Waals surface area (Å²) in [4.78, 5) is 15.7. The van der Waals surface area contributed by atoms with Gasteiger partial charge in [-0.3, -0.25) is 4.79 Å². The SMILES string of the molecule is NS(=O)c1cc(NC(=O)C2CCCC(F)(F)C2)ccn1. The van der Waals surface area contributed by atoms with Crippen molar-refractivity contribution in [2.45, 2.75) is 36.6 Å². The van der Waals surface area contributed by atoms with Crippen molar-refractivity contribution >= 4 is 22.6 Å². The Morgan fingerprint density at radius 2 is 2.30 bits per heavy atom. The molecule has 3 N–H and O–H groups in total. The Hall–Kier alpha value is -1.41. The minimum absolute atomic E-state index is 0.122. The van der Waals surface area contributed by atoms with Gasteiger partial charge in [0, 0.05) is 30.6 Å². The number of carbonyl (C=O) groups excluding carboxylic acids is 1. The van der Waals surface area contributed by atoms with Gasteiger partial charge in [-0.25, -0.2) is 23.1 Å². The maximum absolute atomic E-state index is 13.3. The molecule has 1 heterocycles. The number of rotatable bonds is 3. The van der Waals surface area contributed by atoms with E-state index < -0.39 is 35.2 Å². The van der Waals surface area contributed by atoms with Gasteiger partial charge >= 0.3 is 0 Å². The van der Waals surface area contributed by atoms with Gasteiger partial charge in [-0.05, 0) is 25.0 Å². The normalized spacial score (nSPS) is 23.1. The molecule has 1 saturated carbocycles. The van der Waals surface area contributed by atoms with E-state index in [9.17, 15) is 17.8 Å².